The minimum Gasteiger partial charge on any atom is -0.510 e. The van der Waals surface area contributed by atoms with Gasteiger partial charge >= 0.3 is 0 Å². The van der Waals surface area contributed by atoms with Crippen molar-refractivity contribution >= 4 is 15.9 Å². The van der Waals surface area contributed by atoms with Crippen molar-refractivity contribution in [2.75, 3.05) is 6.26 Å². The molecule has 1 aromatic rings. The van der Waals surface area contributed by atoms with E-state index in [0.29, 0.717) is 5.56 Å². The molecule has 1 rings (SSSR count). The molecule has 1 amide bonds. The first-order chi connectivity index (χ1) is 8.83. The Hall–Kier alpha value is -2.33. The molecule has 0 saturated heterocycles. The van der Waals surface area contributed by atoms with E-state index in [1.807, 2.05) is 0 Å². The molecular weight excluding hydrogens is 268 g/mol. The summed E-state index contributed by atoms with van der Waals surface area (Å²) in [6.07, 6.45) is 0.759. The van der Waals surface area contributed by atoms with E-state index in [1.165, 1.54) is 6.07 Å². The zero-order valence-corrected chi connectivity index (χ0v) is 10.9. The zero-order valence-electron chi connectivity index (χ0n) is 10.1. The van der Waals surface area contributed by atoms with E-state index < -0.39 is 27.3 Å². The van der Waals surface area contributed by atoms with Crippen LogP contribution >= 0.6 is 0 Å². The zero-order chi connectivity index (χ0) is 14.5. The van der Waals surface area contributed by atoms with E-state index in [1.54, 1.807) is 35.1 Å². The van der Waals surface area contributed by atoms with Crippen LogP contribution in [0.25, 0.3) is 0 Å². The minimum atomic E-state index is -3.78. The van der Waals surface area contributed by atoms with Gasteiger partial charge in [-0.2, -0.15) is 5.26 Å². The Kier molecular flexibility index (Phi) is 4.67. The Balaban J connectivity index is 2.97. The van der Waals surface area contributed by atoms with Crippen molar-refractivity contribution in [2.45, 2.75) is 6.42 Å². The lowest BCUT2D eigenvalue weighted by Crippen LogP contribution is -2.31. The van der Waals surface area contributed by atoms with Crippen LogP contribution in [0.15, 0.2) is 41.7 Å². The maximum atomic E-state index is 11.5. The van der Waals surface area contributed by atoms with Crippen LogP contribution in [0, 0.1) is 11.3 Å². The van der Waals surface area contributed by atoms with Crippen LogP contribution < -0.4 is 4.72 Å². The first kappa shape index (κ1) is 14.7. The second-order valence-corrected chi connectivity index (χ2v) is 5.55. The summed E-state index contributed by atoms with van der Waals surface area (Å²) in [7, 11) is -3.78. The van der Waals surface area contributed by atoms with Crippen LogP contribution in [0.1, 0.15) is 5.56 Å². The predicted molar refractivity (Wildman–Crippen MR) is 68.4 cm³/mol. The number of allylic oxidation sites excluding steroid dienone is 1. The molecule has 0 aliphatic rings. The van der Waals surface area contributed by atoms with Crippen molar-refractivity contribution in [3.05, 3.63) is 47.2 Å². The number of benzene rings is 1. The highest BCUT2D eigenvalue weighted by molar-refractivity contribution is 7.89. The van der Waals surface area contributed by atoms with E-state index in [4.69, 9.17) is 5.26 Å². The second kappa shape index (κ2) is 6.02. The number of aliphatic hydroxyl groups is 1. The molecule has 0 heterocycles. The van der Waals surface area contributed by atoms with Crippen LogP contribution in [0.3, 0.4) is 0 Å². The molecule has 1 aromatic carbocycles. The Morgan fingerprint density at radius 2 is 1.95 bits per heavy atom. The molecular formula is C12H12N2O4S. The summed E-state index contributed by atoms with van der Waals surface area (Å²) in [5.41, 5.74) is 0.0779. The second-order valence-electron chi connectivity index (χ2n) is 3.80. The lowest BCUT2D eigenvalue weighted by molar-refractivity contribution is -0.115. The number of nitrogens with one attached hydrogen (secondary N) is 1. The van der Waals surface area contributed by atoms with Crippen LogP contribution in [0.5, 0.6) is 0 Å². The molecule has 0 aliphatic carbocycles. The number of carbonyl (C=O) groups is 1. The van der Waals surface area contributed by atoms with Gasteiger partial charge in [-0.1, -0.05) is 30.3 Å². The summed E-state index contributed by atoms with van der Waals surface area (Å²) in [5.74, 6) is -1.62. The van der Waals surface area contributed by atoms with Crippen LogP contribution in [0.4, 0.5) is 0 Å². The van der Waals surface area contributed by atoms with Gasteiger partial charge in [0, 0.05) is 6.42 Å². The fourth-order valence-corrected chi connectivity index (χ4v) is 1.78. The summed E-state index contributed by atoms with van der Waals surface area (Å²) in [4.78, 5) is 11.5. The number of nitrogens with zero attached hydrogens (tertiary/aromatic N) is 1. The smallest absolute Gasteiger partial charge is 0.278 e. The molecule has 0 aromatic heterocycles. The largest absolute Gasteiger partial charge is 0.510 e. The lowest BCUT2D eigenvalue weighted by atomic mass is 10.1. The summed E-state index contributed by atoms with van der Waals surface area (Å²) in [6, 6.07) is 10.2. The first-order valence-electron chi connectivity index (χ1n) is 5.21. The third-order valence-corrected chi connectivity index (χ3v) is 2.68. The van der Waals surface area contributed by atoms with Gasteiger partial charge in [0.05, 0.1) is 6.26 Å². The monoisotopic (exact) mass is 280 g/mol. The normalized spacial score (nSPS) is 12.2. The molecule has 0 radical (unpaired) electrons. The Morgan fingerprint density at radius 3 is 2.42 bits per heavy atom. The number of aliphatic hydroxyl groups excluding tert-OH is 1. The first-order valence-corrected chi connectivity index (χ1v) is 7.11. The number of carbonyl (C=O) groups excluding carboxylic acids is 1. The van der Waals surface area contributed by atoms with Crippen LogP contribution in [0.2, 0.25) is 0 Å². The van der Waals surface area contributed by atoms with Gasteiger partial charge in [0.15, 0.2) is 5.57 Å². The van der Waals surface area contributed by atoms with E-state index in [9.17, 15) is 18.3 Å². The van der Waals surface area contributed by atoms with Gasteiger partial charge in [0.2, 0.25) is 10.0 Å². The summed E-state index contributed by atoms with van der Waals surface area (Å²) in [6.45, 7) is 0. The quantitative estimate of drug-likeness (QED) is 0.478. The number of amides is 1. The fraction of sp³-hybridized carbons (Fsp3) is 0.167. The van der Waals surface area contributed by atoms with Gasteiger partial charge < -0.3 is 5.11 Å². The van der Waals surface area contributed by atoms with Crippen molar-refractivity contribution in [3.8, 4) is 6.07 Å². The third-order valence-electron chi connectivity index (χ3n) is 2.12. The molecule has 0 unspecified atom stereocenters. The molecule has 0 aliphatic heterocycles. The number of hydrogen-bond donors (Lipinski definition) is 2. The van der Waals surface area contributed by atoms with Gasteiger partial charge in [-0.25, -0.2) is 13.1 Å². The SMILES string of the molecule is CS(=O)(=O)NC(=O)/C(C#N)=C(\O)Cc1ccccc1. The molecule has 6 nitrogen and oxygen atoms in total. The number of rotatable bonds is 4. The Bertz CT molecular complexity index is 642. The van der Waals surface area contributed by atoms with Crippen molar-refractivity contribution in [2.24, 2.45) is 0 Å². The number of hydrogen-bond acceptors (Lipinski definition) is 5. The molecule has 0 bridgehead atoms. The van der Waals surface area contributed by atoms with E-state index in [-0.39, 0.29) is 6.42 Å². The maximum absolute atomic E-state index is 11.5. The molecule has 0 atom stereocenters. The van der Waals surface area contributed by atoms with Crippen molar-refractivity contribution < 1.29 is 18.3 Å². The molecule has 2 N–H and O–H groups in total. The van der Waals surface area contributed by atoms with E-state index >= 15 is 0 Å². The lowest BCUT2D eigenvalue weighted by Gasteiger charge is -2.05. The van der Waals surface area contributed by atoms with Crippen LogP contribution in [-0.2, 0) is 21.2 Å². The van der Waals surface area contributed by atoms with Crippen molar-refractivity contribution in [1.82, 2.24) is 4.72 Å². The number of sulfonamides is 1. The molecule has 7 heteroatoms. The minimum absolute atomic E-state index is 0.0269. The Morgan fingerprint density at radius 1 is 1.37 bits per heavy atom. The van der Waals surface area contributed by atoms with E-state index in [0.717, 1.165) is 6.26 Å². The molecule has 19 heavy (non-hydrogen) atoms. The predicted octanol–water partition coefficient (Wildman–Crippen LogP) is 0.641. The Labute approximate surface area is 111 Å². The van der Waals surface area contributed by atoms with Crippen molar-refractivity contribution in [1.29, 1.82) is 5.26 Å². The molecule has 0 saturated carbocycles. The standard InChI is InChI=1S/C12H12N2O4S/c1-19(17,18)14-12(16)10(8-13)11(15)7-9-5-3-2-4-6-9/h2-6,15H,7H2,1H3,(H,14,16)/b11-10-. The number of nitriles is 1. The maximum Gasteiger partial charge on any atom is 0.278 e. The van der Waals surface area contributed by atoms with Gasteiger partial charge in [0.25, 0.3) is 5.91 Å². The van der Waals surface area contributed by atoms with Gasteiger partial charge in [0.1, 0.15) is 11.8 Å². The van der Waals surface area contributed by atoms with Crippen LogP contribution in [-0.4, -0.2) is 25.7 Å². The van der Waals surface area contributed by atoms with Crippen molar-refractivity contribution in [3.63, 3.8) is 0 Å². The third kappa shape index (κ3) is 4.81. The fourth-order valence-electron chi connectivity index (χ4n) is 1.34. The molecule has 0 fully saturated rings. The topological polar surface area (TPSA) is 107 Å². The molecule has 100 valence electrons. The van der Waals surface area contributed by atoms with Gasteiger partial charge in [-0.05, 0) is 5.56 Å². The van der Waals surface area contributed by atoms with Gasteiger partial charge in [-0.15, -0.1) is 0 Å². The molecule has 0 spiro atoms. The summed E-state index contributed by atoms with van der Waals surface area (Å²) < 4.78 is 23.4. The average molecular weight is 280 g/mol. The highest BCUT2D eigenvalue weighted by Gasteiger charge is 2.18. The highest BCUT2D eigenvalue weighted by Crippen LogP contribution is 2.10. The average Bonchev–Trinajstić information content (AvgIpc) is 2.28. The summed E-state index contributed by atoms with van der Waals surface area (Å²) in [5, 5.41) is 18.5. The van der Waals surface area contributed by atoms with E-state index in [2.05, 4.69) is 0 Å². The highest BCUT2D eigenvalue weighted by atomic mass is 32.2. The summed E-state index contributed by atoms with van der Waals surface area (Å²) >= 11 is 0. The van der Waals surface area contributed by atoms with Gasteiger partial charge in [-0.3, -0.25) is 4.79 Å².